The Bertz CT molecular complexity index is 339. The third-order valence-corrected chi connectivity index (χ3v) is 3.27. The maximum Gasteiger partial charge on any atom is 0.0639 e. The molecule has 0 aliphatic heterocycles. The standard InChI is InChI=1S/C14H22INO/c1-11(2)6-8-17-9-7-16-14-10-13(15)5-4-12(14)3/h4-5,10-11,16H,6-9H2,1-3H3. The summed E-state index contributed by atoms with van der Waals surface area (Å²) in [5.74, 6) is 0.723. The van der Waals surface area contributed by atoms with E-state index in [0.29, 0.717) is 0 Å². The van der Waals surface area contributed by atoms with Crippen molar-refractivity contribution in [1.29, 1.82) is 0 Å². The zero-order valence-electron chi connectivity index (χ0n) is 10.9. The van der Waals surface area contributed by atoms with Gasteiger partial charge in [0.15, 0.2) is 0 Å². The molecule has 1 N–H and O–H groups in total. The minimum absolute atomic E-state index is 0.723. The molecule has 1 rings (SSSR count). The van der Waals surface area contributed by atoms with Crippen LogP contribution in [0.3, 0.4) is 0 Å². The molecule has 0 aliphatic rings. The number of anilines is 1. The monoisotopic (exact) mass is 347 g/mol. The van der Waals surface area contributed by atoms with Crippen LogP contribution in [-0.2, 0) is 4.74 Å². The van der Waals surface area contributed by atoms with Gasteiger partial charge in [0.25, 0.3) is 0 Å². The van der Waals surface area contributed by atoms with Crippen molar-refractivity contribution in [3.8, 4) is 0 Å². The summed E-state index contributed by atoms with van der Waals surface area (Å²) in [5, 5.41) is 3.41. The Hall–Kier alpha value is -0.290. The minimum Gasteiger partial charge on any atom is -0.382 e. The van der Waals surface area contributed by atoms with Gasteiger partial charge in [-0.1, -0.05) is 19.9 Å². The molecule has 0 aromatic heterocycles. The normalized spacial score (nSPS) is 10.9. The van der Waals surface area contributed by atoms with Crippen LogP contribution < -0.4 is 5.32 Å². The van der Waals surface area contributed by atoms with Gasteiger partial charge in [0.2, 0.25) is 0 Å². The molecular weight excluding hydrogens is 325 g/mol. The number of ether oxygens (including phenoxy) is 1. The average molecular weight is 347 g/mol. The lowest BCUT2D eigenvalue weighted by Crippen LogP contribution is -2.11. The molecule has 3 heteroatoms. The fraction of sp³-hybridized carbons (Fsp3) is 0.571. The van der Waals surface area contributed by atoms with Crippen molar-refractivity contribution in [2.75, 3.05) is 25.1 Å². The van der Waals surface area contributed by atoms with Crippen LogP contribution in [0.2, 0.25) is 0 Å². The Morgan fingerprint density at radius 3 is 2.76 bits per heavy atom. The number of benzene rings is 1. The predicted molar refractivity (Wildman–Crippen MR) is 82.7 cm³/mol. The second-order valence-electron chi connectivity index (χ2n) is 4.68. The fourth-order valence-corrected chi connectivity index (χ4v) is 1.95. The minimum atomic E-state index is 0.723. The predicted octanol–water partition coefficient (Wildman–Crippen LogP) is 4.07. The summed E-state index contributed by atoms with van der Waals surface area (Å²) in [6, 6.07) is 6.44. The van der Waals surface area contributed by atoms with E-state index >= 15 is 0 Å². The lowest BCUT2D eigenvalue weighted by molar-refractivity contribution is 0.132. The molecule has 0 radical (unpaired) electrons. The van der Waals surface area contributed by atoms with Crippen molar-refractivity contribution in [3.63, 3.8) is 0 Å². The van der Waals surface area contributed by atoms with Crippen LogP contribution in [0.25, 0.3) is 0 Å². The zero-order valence-corrected chi connectivity index (χ0v) is 13.1. The highest BCUT2D eigenvalue weighted by molar-refractivity contribution is 14.1. The van der Waals surface area contributed by atoms with Crippen LogP contribution >= 0.6 is 22.6 Å². The largest absolute Gasteiger partial charge is 0.382 e. The van der Waals surface area contributed by atoms with Gasteiger partial charge in [0, 0.05) is 22.4 Å². The first-order valence-corrected chi connectivity index (χ1v) is 7.25. The summed E-state index contributed by atoms with van der Waals surface area (Å²) >= 11 is 2.33. The van der Waals surface area contributed by atoms with E-state index in [4.69, 9.17) is 4.74 Å². The molecular formula is C14H22INO. The molecule has 0 saturated carbocycles. The molecule has 17 heavy (non-hydrogen) atoms. The zero-order chi connectivity index (χ0) is 12.7. The highest BCUT2D eigenvalue weighted by Gasteiger charge is 1.98. The summed E-state index contributed by atoms with van der Waals surface area (Å²) in [6.07, 6.45) is 1.14. The summed E-state index contributed by atoms with van der Waals surface area (Å²) in [4.78, 5) is 0. The van der Waals surface area contributed by atoms with Gasteiger partial charge < -0.3 is 10.1 Å². The molecule has 0 heterocycles. The van der Waals surface area contributed by atoms with Gasteiger partial charge in [-0.25, -0.2) is 0 Å². The molecule has 0 fully saturated rings. The number of hydrogen-bond donors (Lipinski definition) is 1. The van der Waals surface area contributed by atoms with Gasteiger partial charge in [-0.2, -0.15) is 0 Å². The summed E-state index contributed by atoms with van der Waals surface area (Å²) in [6.45, 7) is 9.08. The topological polar surface area (TPSA) is 21.3 Å². The molecule has 1 aromatic carbocycles. The van der Waals surface area contributed by atoms with Crippen molar-refractivity contribution < 1.29 is 4.74 Å². The van der Waals surface area contributed by atoms with E-state index in [1.54, 1.807) is 0 Å². The summed E-state index contributed by atoms with van der Waals surface area (Å²) < 4.78 is 6.83. The number of hydrogen-bond acceptors (Lipinski definition) is 2. The van der Waals surface area contributed by atoms with Gasteiger partial charge in [0.1, 0.15) is 0 Å². The lowest BCUT2D eigenvalue weighted by Gasteiger charge is -2.11. The summed E-state index contributed by atoms with van der Waals surface area (Å²) in [7, 11) is 0. The number of nitrogens with one attached hydrogen (secondary N) is 1. The van der Waals surface area contributed by atoms with Crippen LogP contribution in [0.15, 0.2) is 18.2 Å². The Labute approximate surface area is 118 Å². The molecule has 1 aromatic rings. The van der Waals surface area contributed by atoms with E-state index in [1.165, 1.54) is 14.8 Å². The van der Waals surface area contributed by atoms with Crippen LogP contribution in [0.1, 0.15) is 25.8 Å². The van der Waals surface area contributed by atoms with Gasteiger partial charge in [-0.15, -0.1) is 0 Å². The van der Waals surface area contributed by atoms with Crippen LogP contribution in [0, 0.1) is 16.4 Å². The quantitative estimate of drug-likeness (QED) is 0.593. The molecule has 96 valence electrons. The maximum absolute atomic E-state index is 5.57. The molecule has 2 nitrogen and oxygen atoms in total. The maximum atomic E-state index is 5.57. The van der Waals surface area contributed by atoms with Gasteiger partial charge >= 0.3 is 0 Å². The SMILES string of the molecule is Cc1ccc(I)cc1NCCOCCC(C)C. The van der Waals surface area contributed by atoms with Crippen molar-refractivity contribution in [3.05, 3.63) is 27.3 Å². The first kappa shape index (κ1) is 14.8. The van der Waals surface area contributed by atoms with Crippen LogP contribution in [0.5, 0.6) is 0 Å². The van der Waals surface area contributed by atoms with E-state index < -0.39 is 0 Å². The van der Waals surface area contributed by atoms with Gasteiger partial charge in [0.05, 0.1) is 6.61 Å². The van der Waals surface area contributed by atoms with E-state index in [1.807, 2.05) is 0 Å². The van der Waals surface area contributed by atoms with E-state index in [-0.39, 0.29) is 0 Å². The van der Waals surface area contributed by atoms with Crippen molar-refractivity contribution in [2.24, 2.45) is 5.92 Å². The molecule has 0 aliphatic carbocycles. The first-order chi connectivity index (χ1) is 8.09. The molecule has 0 bridgehead atoms. The lowest BCUT2D eigenvalue weighted by atomic mass is 10.1. The Morgan fingerprint density at radius 1 is 1.29 bits per heavy atom. The molecule has 0 spiro atoms. The molecule has 0 atom stereocenters. The van der Waals surface area contributed by atoms with Crippen molar-refractivity contribution in [1.82, 2.24) is 0 Å². The number of rotatable bonds is 7. The third-order valence-electron chi connectivity index (χ3n) is 2.60. The Morgan fingerprint density at radius 2 is 2.06 bits per heavy atom. The third kappa shape index (κ3) is 6.27. The average Bonchev–Trinajstić information content (AvgIpc) is 2.27. The van der Waals surface area contributed by atoms with Crippen molar-refractivity contribution >= 4 is 28.3 Å². The van der Waals surface area contributed by atoms with Gasteiger partial charge in [-0.3, -0.25) is 0 Å². The van der Waals surface area contributed by atoms with E-state index in [0.717, 1.165) is 32.1 Å². The molecule has 0 amide bonds. The highest BCUT2D eigenvalue weighted by Crippen LogP contribution is 2.17. The van der Waals surface area contributed by atoms with Crippen molar-refractivity contribution in [2.45, 2.75) is 27.2 Å². The van der Waals surface area contributed by atoms with E-state index in [9.17, 15) is 0 Å². The van der Waals surface area contributed by atoms with Gasteiger partial charge in [-0.05, 0) is 59.5 Å². The summed E-state index contributed by atoms with van der Waals surface area (Å²) in [5.41, 5.74) is 2.50. The fourth-order valence-electron chi connectivity index (χ4n) is 1.46. The second-order valence-corrected chi connectivity index (χ2v) is 5.93. The molecule has 0 unspecified atom stereocenters. The Balaban J connectivity index is 2.20. The smallest absolute Gasteiger partial charge is 0.0639 e. The first-order valence-electron chi connectivity index (χ1n) is 6.17. The van der Waals surface area contributed by atoms with Crippen LogP contribution in [-0.4, -0.2) is 19.8 Å². The molecule has 0 saturated heterocycles. The number of halogens is 1. The number of aryl methyl sites for hydroxylation is 1. The highest BCUT2D eigenvalue weighted by atomic mass is 127. The Kier molecular flexibility index (Phi) is 6.89. The van der Waals surface area contributed by atoms with E-state index in [2.05, 4.69) is 66.9 Å². The van der Waals surface area contributed by atoms with Crippen LogP contribution in [0.4, 0.5) is 5.69 Å². The second kappa shape index (κ2) is 7.93.